The molecule has 0 aliphatic carbocycles. The van der Waals surface area contributed by atoms with Crippen molar-refractivity contribution in [3.05, 3.63) is 46.5 Å². The van der Waals surface area contributed by atoms with Crippen molar-refractivity contribution in [3.63, 3.8) is 0 Å². The van der Waals surface area contributed by atoms with E-state index in [1.165, 1.54) is 5.56 Å². The van der Waals surface area contributed by atoms with E-state index in [4.69, 9.17) is 11.6 Å². The van der Waals surface area contributed by atoms with E-state index in [1.807, 2.05) is 38.1 Å². The number of hydrogen-bond acceptors (Lipinski definition) is 4. The molecule has 0 saturated heterocycles. The van der Waals surface area contributed by atoms with Gasteiger partial charge in [0, 0.05) is 12.7 Å². The third kappa shape index (κ3) is 3.81. The standard InChI is InChI=1S/C15H22ClN5/c1-11-5-6-18-13(9-11)14(17-2)15-12(16)10-19-21(15)8-7-20(3)4/h5-6,9-10,14,17H,7-8H2,1-4H3. The largest absolute Gasteiger partial charge is 0.308 e. The maximum absolute atomic E-state index is 6.36. The second kappa shape index (κ2) is 7.02. The van der Waals surface area contributed by atoms with E-state index in [9.17, 15) is 0 Å². The van der Waals surface area contributed by atoms with Crippen LogP contribution >= 0.6 is 11.6 Å². The second-order valence-corrected chi connectivity index (χ2v) is 5.79. The monoisotopic (exact) mass is 307 g/mol. The van der Waals surface area contributed by atoms with E-state index < -0.39 is 0 Å². The van der Waals surface area contributed by atoms with Crippen LogP contribution in [0.2, 0.25) is 5.02 Å². The molecule has 0 aliphatic rings. The summed E-state index contributed by atoms with van der Waals surface area (Å²) >= 11 is 6.36. The van der Waals surface area contributed by atoms with Crippen molar-refractivity contribution in [2.24, 2.45) is 0 Å². The Kier molecular flexibility index (Phi) is 5.33. The summed E-state index contributed by atoms with van der Waals surface area (Å²) in [7, 11) is 6.00. The first kappa shape index (κ1) is 15.9. The quantitative estimate of drug-likeness (QED) is 0.888. The van der Waals surface area contributed by atoms with Crippen LogP contribution < -0.4 is 5.32 Å². The zero-order valence-electron chi connectivity index (χ0n) is 13.0. The molecule has 0 spiro atoms. The van der Waals surface area contributed by atoms with E-state index >= 15 is 0 Å². The highest BCUT2D eigenvalue weighted by atomic mass is 35.5. The smallest absolute Gasteiger partial charge is 0.0934 e. The summed E-state index contributed by atoms with van der Waals surface area (Å²) in [6, 6.07) is 3.99. The Bertz CT molecular complexity index is 593. The van der Waals surface area contributed by atoms with Crippen molar-refractivity contribution >= 4 is 11.6 Å². The highest BCUT2D eigenvalue weighted by Gasteiger charge is 2.22. The summed E-state index contributed by atoms with van der Waals surface area (Å²) in [5, 5.41) is 8.35. The molecule has 1 atom stereocenters. The lowest BCUT2D eigenvalue weighted by atomic mass is 10.1. The Labute approximate surface area is 130 Å². The van der Waals surface area contributed by atoms with Crippen LogP contribution in [0.15, 0.2) is 24.5 Å². The summed E-state index contributed by atoms with van der Waals surface area (Å²) in [5.74, 6) is 0. The summed E-state index contributed by atoms with van der Waals surface area (Å²) in [5.41, 5.74) is 3.08. The maximum Gasteiger partial charge on any atom is 0.0934 e. The van der Waals surface area contributed by atoms with Gasteiger partial charge in [-0.1, -0.05) is 11.6 Å². The van der Waals surface area contributed by atoms with Crippen LogP contribution in [0.1, 0.15) is 23.0 Å². The zero-order valence-corrected chi connectivity index (χ0v) is 13.7. The topological polar surface area (TPSA) is 46.0 Å². The van der Waals surface area contributed by atoms with Crippen molar-refractivity contribution in [2.45, 2.75) is 19.5 Å². The van der Waals surface area contributed by atoms with Gasteiger partial charge in [-0.25, -0.2) is 0 Å². The molecule has 0 aromatic carbocycles. The minimum Gasteiger partial charge on any atom is -0.308 e. The fourth-order valence-electron chi connectivity index (χ4n) is 2.27. The molecule has 114 valence electrons. The minimum atomic E-state index is -0.0675. The van der Waals surface area contributed by atoms with Crippen LogP contribution in [0, 0.1) is 6.92 Å². The van der Waals surface area contributed by atoms with Gasteiger partial charge in [-0.05, 0) is 45.8 Å². The van der Waals surface area contributed by atoms with Gasteiger partial charge in [-0.3, -0.25) is 9.67 Å². The molecular weight excluding hydrogens is 286 g/mol. The lowest BCUT2D eigenvalue weighted by molar-refractivity contribution is 0.366. The number of nitrogens with one attached hydrogen (secondary N) is 1. The molecule has 0 amide bonds. The highest BCUT2D eigenvalue weighted by molar-refractivity contribution is 6.31. The molecule has 0 bridgehead atoms. The van der Waals surface area contributed by atoms with Crippen molar-refractivity contribution < 1.29 is 0 Å². The van der Waals surface area contributed by atoms with Crippen LogP contribution in [-0.2, 0) is 6.54 Å². The molecule has 0 aliphatic heterocycles. The van der Waals surface area contributed by atoms with Gasteiger partial charge >= 0.3 is 0 Å². The van der Waals surface area contributed by atoms with E-state index in [-0.39, 0.29) is 6.04 Å². The predicted octanol–water partition coefficient (Wildman–Crippen LogP) is 2.11. The van der Waals surface area contributed by atoms with Gasteiger partial charge in [-0.2, -0.15) is 5.10 Å². The molecule has 6 heteroatoms. The molecular formula is C15H22ClN5. The Hall–Kier alpha value is -1.43. The Balaban J connectivity index is 2.35. The molecule has 2 aromatic rings. The van der Waals surface area contributed by atoms with E-state index in [0.29, 0.717) is 5.02 Å². The lowest BCUT2D eigenvalue weighted by Crippen LogP contribution is -2.26. The number of rotatable bonds is 6. The number of aromatic nitrogens is 3. The SMILES string of the molecule is CNC(c1cc(C)ccn1)c1c(Cl)cnn1CCN(C)C. The molecule has 2 rings (SSSR count). The number of pyridine rings is 1. The van der Waals surface area contributed by atoms with Gasteiger partial charge in [0.2, 0.25) is 0 Å². The van der Waals surface area contributed by atoms with Crippen LogP contribution in [0.5, 0.6) is 0 Å². The molecule has 2 heterocycles. The third-order valence-corrected chi connectivity index (χ3v) is 3.68. The number of halogens is 1. The Morgan fingerprint density at radius 2 is 2.19 bits per heavy atom. The van der Waals surface area contributed by atoms with Gasteiger partial charge in [0.1, 0.15) is 0 Å². The highest BCUT2D eigenvalue weighted by Crippen LogP contribution is 2.27. The fraction of sp³-hybridized carbons (Fsp3) is 0.467. The zero-order chi connectivity index (χ0) is 15.4. The molecule has 21 heavy (non-hydrogen) atoms. The van der Waals surface area contributed by atoms with Crippen LogP contribution in [0.25, 0.3) is 0 Å². The van der Waals surface area contributed by atoms with Crippen molar-refractivity contribution in [1.82, 2.24) is 25.0 Å². The molecule has 0 fully saturated rings. The summed E-state index contributed by atoms with van der Waals surface area (Å²) < 4.78 is 1.95. The molecule has 2 aromatic heterocycles. The van der Waals surface area contributed by atoms with Gasteiger partial charge < -0.3 is 10.2 Å². The first-order valence-electron chi connectivity index (χ1n) is 6.98. The van der Waals surface area contributed by atoms with Crippen LogP contribution in [0.4, 0.5) is 0 Å². The Morgan fingerprint density at radius 1 is 1.43 bits per heavy atom. The second-order valence-electron chi connectivity index (χ2n) is 5.38. The summed E-state index contributed by atoms with van der Waals surface area (Å²) in [6.45, 7) is 3.75. The van der Waals surface area contributed by atoms with E-state index in [1.54, 1.807) is 6.20 Å². The molecule has 1 unspecified atom stereocenters. The average Bonchev–Trinajstić information content (AvgIpc) is 2.79. The van der Waals surface area contributed by atoms with Crippen molar-refractivity contribution in [3.8, 4) is 0 Å². The fourth-order valence-corrected chi connectivity index (χ4v) is 2.52. The van der Waals surface area contributed by atoms with Gasteiger partial charge in [0.25, 0.3) is 0 Å². The molecule has 1 N–H and O–H groups in total. The maximum atomic E-state index is 6.36. The van der Waals surface area contributed by atoms with Gasteiger partial charge in [0.15, 0.2) is 0 Å². The number of likely N-dealkylation sites (N-methyl/N-ethyl adjacent to an activating group) is 1. The predicted molar refractivity (Wildman–Crippen MR) is 85.7 cm³/mol. The lowest BCUT2D eigenvalue weighted by Gasteiger charge is -2.19. The van der Waals surface area contributed by atoms with Crippen molar-refractivity contribution in [1.29, 1.82) is 0 Å². The number of hydrogen-bond donors (Lipinski definition) is 1. The average molecular weight is 308 g/mol. The number of aryl methyl sites for hydroxylation is 1. The van der Waals surface area contributed by atoms with Crippen LogP contribution in [-0.4, -0.2) is 47.4 Å². The normalized spacial score (nSPS) is 12.9. The van der Waals surface area contributed by atoms with E-state index in [0.717, 1.165) is 24.5 Å². The first-order chi connectivity index (χ1) is 10.0. The van der Waals surface area contributed by atoms with Crippen LogP contribution in [0.3, 0.4) is 0 Å². The minimum absolute atomic E-state index is 0.0675. The van der Waals surface area contributed by atoms with Crippen molar-refractivity contribution in [2.75, 3.05) is 27.7 Å². The molecule has 5 nitrogen and oxygen atoms in total. The summed E-state index contributed by atoms with van der Waals surface area (Å²) in [6.07, 6.45) is 3.52. The van der Waals surface area contributed by atoms with Gasteiger partial charge in [-0.15, -0.1) is 0 Å². The Morgan fingerprint density at radius 3 is 2.81 bits per heavy atom. The number of nitrogens with zero attached hydrogens (tertiary/aromatic N) is 4. The third-order valence-electron chi connectivity index (χ3n) is 3.39. The first-order valence-corrected chi connectivity index (χ1v) is 7.36. The van der Waals surface area contributed by atoms with E-state index in [2.05, 4.69) is 33.3 Å². The van der Waals surface area contributed by atoms with Gasteiger partial charge in [0.05, 0.1) is 35.2 Å². The summed E-state index contributed by atoms with van der Waals surface area (Å²) in [4.78, 5) is 6.60. The molecule has 0 saturated carbocycles. The molecule has 0 radical (unpaired) electrons.